The first kappa shape index (κ1) is 27.9. The number of Topliss-reactive ketones (excluding diaryl/α,β-unsaturated/α-hetero) is 1. The van der Waals surface area contributed by atoms with Gasteiger partial charge in [-0.2, -0.15) is 0 Å². The molecule has 6 nitrogen and oxygen atoms in total. The van der Waals surface area contributed by atoms with Crippen LogP contribution in [0.1, 0.15) is 71.8 Å². The lowest BCUT2D eigenvalue weighted by molar-refractivity contribution is -0.109. The number of anilines is 3. The Morgan fingerprint density at radius 1 is 0.696 bits per heavy atom. The molecule has 0 amide bonds. The van der Waals surface area contributed by atoms with E-state index in [2.05, 4.69) is 92.2 Å². The van der Waals surface area contributed by atoms with Gasteiger partial charge in [0, 0.05) is 27.2 Å². The summed E-state index contributed by atoms with van der Waals surface area (Å²) in [4.78, 5) is 19.7. The topological polar surface area (TPSA) is 85.8 Å². The number of carbonyl (C=O) groups is 1. The number of hydrogen-bond donors (Lipinski definition) is 4. The number of nitrogens with zero attached hydrogens (tertiary/aromatic N) is 1. The number of nitrogens with one attached hydrogen (secondary N) is 3. The van der Waals surface area contributed by atoms with Gasteiger partial charge in [0.15, 0.2) is 0 Å². The predicted molar refractivity (Wildman–Crippen MR) is 187 cm³/mol. The quantitative estimate of drug-likeness (QED) is 0.176. The SMILES string of the molecule is CC1CC(C)CC2(C1)N=c1cccc3cc/c(=C4\C(=O)C(c5ccc6cccc7c6c5NC5(CC(C)CC(C)C5)N7)=C4O)c(c13)N2. The molecule has 6 heteroatoms. The molecule has 2 aliphatic heterocycles. The number of carbonyl (C=O) groups excluding carboxylic acids is 1. The zero-order chi connectivity index (χ0) is 31.5. The average molecular weight is 611 g/mol. The number of aliphatic hydroxyl groups is 1. The molecule has 4 atom stereocenters. The van der Waals surface area contributed by atoms with E-state index >= 15 is 0 Å². The lowest BCUT2D eigenvalue weighted by Crippen LogP contribution is -2.53. The van der Waals surface area contributed by atoms with Crippen LogP contribution in [0.4, 0.5) is 17.1 Å². The van der Waals surface area contributed by atoms with E-state index in [0.717, 1.165) is 80.4 Å². The fraction of sp³-hybridized carbons (Fsp3) is 0.400. The van der Waals surface area contributed by atoms with Crippen LogP contribution in [0.2, 0.25) is 0 Å². The van der Waals surface area contributed by atoms with Gasteiger partial charge in [-0.05, 0) is 85.1 Å². The van der Waals surface area contributed by atoms with Crippen LogP contribution in [0.5, 0.6) is 0 Å². The van der Waals surface area contributed by atoms with Crippen LogP contribution in [-0.4, -0.2) is 22.2 Å². The first-order valence-electron chi connectivity index (χ1n) is 17.2. The summed E-state index contributed by atoms with van der Waals surface area (Å²) in [5.74, 6) is 2.20. The number of hydrogen-bond acceptors (Lipinski definition) is 6. The Balaban J connectivity index is 1.23. The van der Waals surface area contributed by atoms with Crippen LogP contribution in [0.3, 0.4) is 0 Å². The monoisotopic (exact) mass is 610 g/mol. The van der Waals surface area contributed by atoms with E-state index in [1.807, 2.05) is 12.1 Å². The van der Waals surface area contributed by atoms with Gasteiger partial charge in [0.25, 0.3) is 0 Å². The maximum Gasteiger partial charge on any atom is 0.201 e. The third-order valence-electron chi connectivity index (χ3n) is 11.3. The maximum absolute atomic E-state index is 14.4. The Kier molecular flexibility index (Phi) is 5.83. The second kappa shape index (κ2) is 9.60. The van der Waals surface area contributed by atoms with Gasteiger partial charge in [0.2, 0.25) is 5.78 Å². The molecule has 4 aromatic rings. The molecule has 4 aromatic carbocycles. The Bertz CT molecular complexity index is 2140. The molecule has 2 heterocycles. The first-order chi connectivity index (χ1) is 22.1. The summed E-state index contributed by atoms with van der Waals surface area (Å²) in [6, 6.07) is 20.8. The predicted octanol–water partition coefficient (Wildman–Crippen LogP) is 7.88. The molecule has 9 rings (SSSR count). The normalized spacial score (nSPS) is 32.6. The summed E-state index contributed by atoms with van der Waals surface area (Å²) < 4.78 is 0. The van der Waals surface area contributed by atoms with E-state index in [1.165, 1.54) is 12.8 Å². The molecule has 234 valence electrons. The second-order valence-electron chi connectivity index (χ2n) is 15.5. The largest absolute Gasteiger partial charge is 0.506 e. The lowest BCUT2D eigenvalue weighted by Gasteiger charge is -2.48. The highest BCUT2D eigenvalue weighted by molar-refractivity contribution is 6.52. The molecule has 4 unspecified atom stereocenters. The van der Waals surface area contributed by atoms with Gasteiger partial charge in [0.1, 0.15) is 17.1 Å². The van der Waals surface area contributed by atoms with E-state index in [9.17, 15) is 9.90 Å². The number of aliphatic hydroxyl groups excluding tert-OH is 1. The minimum atomic E-state index is -0.414. The molecule has 0 aromatic heterocycles. The van der Waals surface area contributed by atoms with Gasteiger partial charge in [-0.25, -0.2) is 0 Å². The van der Waals surface area contributed by atoms with Crippen molar-refractivity contribution in [2.75, 3.05) is 16.0 Å². The van der Waals surface area contributed by atoms with Crippen LogP contribution < -0.4 is 26.5 Å². The van der Waals surface area contributed by atoms with Crippen molar-refractivity contribution in [2.24, 2.45) is 28.7 Å². The summed E-state index contributed by atoms with van der Waals surface area (Å²) >= 11 is 0. The summed E-state index contributed by atoms with van der Waals surface area (Å²) in [6.07, 6.45) is 6.28. The van der Waals surface area contributed by atoms with Gasteiger partial charge in [-0.1, -0.05) is 76.2 Å². The third kappa shape index (κ3) is 4.01. The molecule has 0 bridgehead atoms. The van der Waals surface area contributed by atoms with Crippen molar-refractivity contribution >= 4 is 55.5 Å². The molecule has 0 saturated heterocycles. The Labute approximate surface area is 269 Å². The molecule has 2 spiro atoms. The van der Waals surface area contributed by atoms with Gasteiger partial charge in [0.05, 0.1) is 27.9 Å². The third-order valence-corrected chi connectivity index (χ3v) is 11.3. The van der Waals surface area contributed by atoms with Crippen molar-refractivity contribution in [2.45, 2.75) is 77.5 Å². The standard InChI is InChI=1S/C40H42N4O2/c1-21-15-22(2)18-39(17-21)41-29-9-5-7-25-11-13-27(35(43-39)31(25)29)33-37(45)34(38(33)46)28-14-12-26-8-6-10-30-32(26)36(28)44-40(42-30)19-23(3)16-24(4)20-40/h5-14,21-24,41,43-45H,15-20H2,1-4H3/b34-28+. The first-order valence-corrected chi connectivity index (χ1v) is 17.2. The van der Waals surface area contributed by atoms with Crippen molar-refractivity contribution in [1.29, 1.82) is 0 Å². The summed E-state index contributed by atoms with van der Waals surface area (Å²) in [7, 11) is 0. The fourth-order valence-corrected chi connectivity index (χ4v) is 10.1. The highest BCUT2D eigenvalue weighted by Gasteiger charge is 2.45. The molecule has 0 radical (unpaired) electrons. The van der Waals surface area contributed by atoms with Gasteiger partial charge >= 0.3 is 0 Å². The molecule has 3 aliphatic carbocycles. The van der Waals surface area contributed by atoms with Crippen LogP contribution in [0.25, 0.3) is 32.7 Å². The van der Waals surface area contributed by atoms with Crippen LogP contribution in [-0.2, 0) is 4.79 Å². The number of benzene rings is 4. The molecular formula is C40H42N4O2. The second-order valence-corrected chi connectivity index (χ2v) is 15.5. The van der Waals surface area contributed by atoms with Crippen LogP contribution in [0, 0.1) is 23.7 Å². The zero-order valence-corrected chi connectivity index (χ0v) is 27.1. The lowest BCUT2D eigenvalue weighted by atomic mass is 9.74. The fourth-order valence-electron chi connectivity index (χ4n) is 10.1. The number of rotatable bonds is 1. The van der Waals surface area contributed by atoms with Crippen LogP contribution >= 0.6 is 0 Å². The number of allylic oxidation sites excluding steroid dienone is 2. The summed E-state index contributed by atoms with van der Waals surface area (Å²) in [5.41, 5.74) is 3.83. The molecule has 5 aliphatic rings. The van der Waals surface area contributed by atoms with Crippen molar-refractivity contribution in [1.82, 2.24) is 0 Å². The van der Waals surface area contributed by atoms with E-state index in [0.29, 0.717) is 34.8 Å². The van der Waals surface area contributed by atoms with Gasteiger partial charge in [-0.15, -0.1) is 0 Å². The Hall–Kier alpha value is -4.32. The van der Waals surface area contributed by atoms with Crippen molar-refractivity contribution in [3.05, 3.63) is 82.6 Å². The molecule has 2 saturated carbocycles. The minimum absolute atomic E-state index is 0.0784. The van der Waals surface area contributed by atoms with Gasteiger partial charge in [-0.3, -0.25) is 9.79 Å². The van der Waals surface area contributed by atoms with E-state index < -0.39 is 5.66 Å². The zero-order valence-electron chi connectivity index (χ0n) is 27.1. The van der Waals surface area contributed by atoms with Crippen LogP contribution in [0.15, 0.2) is 71.4 Å². The molecule has 2 fully saturated rings. The number of ketones is 1. The van der Waals surface area contributed by atoms with Crippen molar-refractivity contribution < 1.29 is 9.90 Å². The highest BCUT2D eigenvalue weighted by atomic mass is 16.3. The smallest absolute Gasteiger partial charge is 0.201 e. The Morgan fingerprint density at radius 2 is 1.35 bits per heavy atom. The average Bonchev–Trinajstić information content (AvgIpc) is 2.98. The van der Waals surface area contributed by atoms with Crippen molar-refractivity contribution in [3.8, 4) is 0 Å². The van der Waals surface area contributed by atoms with E-state index in [4.69, 9.17) is 4.99 Å². The molecule has 4 N–H and O–H groups in total. The maximum atomic E-state index is 14.4. The minimum Gasteiger partial charge on any atom is -0.506 e. The summed E-state index contributed by atoms with van der Waals surface area (Å²) in [5, 5.41) is 29.6. The van der Waals surface area contributed by atoms with Gasteiger partial charge < -0.3 is 21.1 Å². The highest BCUT2D eigenvalue weighted by Crippen LogP contribution is 2.50. The van der Waals surface area contributed by atoms with E-state index in [1.54, 1.807) is 0 Å². The van der Waals surface area contributed by atoms with Crippen molar-refractivity contribution in [3.63, 3.8) is 0 Å². The molecule has 46 heavy (non-hydrogen) atoms. The summed E-state index contributed by atoms with van der Waals surface area (Å²) in [6.45, 7) is 9.28. The van der Waals surface area contributed by atoms with E-state index in [-0.39, 0.29) is 17.2 Å². The molecular weight excluding hydrogens is 568 g/mol. The Morgan fingerprint density at radius 3 is 2.07 bits per heavy atom.